The number of sulfone groups is 1. The molecule has 0 saturated carbocycles. The number of hydrogen-bond donors (Lipinski definition) is 1. The Kier molecular flexibility index (Phi) is 5.81. The van der Waals surface area contributed by atoms with Gasteiger partial charge >= 0.3 is 0 Å². The highest BCUT2D eigenvalue weighted by Gasteiger charge is 2.26. The Labute approximate surface area is 94.4 Å². The molecular weight excluding hydrogens is 210 g/mol. The van der Waals surface area contributed by atoms with Gasteiger partial charge in [0.05, 0.1) is 5.75 Å². The lowest BCUT2D eigenvalue weighted by Crippen LogP contribution is -2.44. The molecule has 0 aliphatic rings. The van der Waals surface area contributed by atoms with Crippen LogP contribution in [0.5, 0.6) is 0 Å². The maximum atomic E-state index is 11.3. The lowest BCUT2D eigenvalue weighted by atomic mass is 9.81. The van der Waals surface area contributed by atoms with E-state index in [0.717, 1.165) is 12.8 Å². The fourth-order valence-electron chi connectivity index (χ4n) is 1.64. The Morgan fingerprint density at radius 1 is 1.27 bits per heavy atom. The average Bonchev–Trinajstić information content (AvgIpc) is 2.17. The second kappa shape index (κ2) is 5.85. The van der Waals surface area contributed by atoms with Gasteiger partial charge < -0.3 is 5.73 Å². The third kappa shape index (κ3) is 4.98. The predicted molar refractivity (Wildman–Crippen MR) is 65.6 cm³/mol. The molecule has 0 spiro atoms. The molecule has 4 heteroatoms. The first-order chi connectivity index (χ1) is 6.77. The van der Waals surface area contributed by atoms with E-state index in [1.807, 2.05) is 0 Å². The Balaban J connectivity index is 4.15. The summed E-state index contributed by atoms with van der Waals surface area (Å²) >= 11 is 0. The topological polar surface area (TPSA) is 60.2 Å². The van der Waals surface area contributed by atoms with Crippen molar-refractivity contribution in [2.24, 2.45) is 11.7 Å². The van der Waals surface area contributed by atoms with E-state index in [2.05, 4.69) is 20.8 Å². The molecule has 0 heterocycles. The standard InChI is InChI=1S/C11H25NO2S/c1-5-11(12,10(3)4)8-7-9-15(13,14)6-2/h10H,5-9,12H2,1-4H3. The quantitative estimate of drug-likeness (QED) is 0.734. The van der Waals surface area contributed by atoms with Crippen molar-refractivity contribution in [2.75, 3.05) is 11.5 Å². The molecule has 1 unspecified atom stereocenters. The van der Waals surface area contributed by atoms with Crippen LogP contribution in [0.4, 0.5) is 0 Å². The second-order valence-corrected chi connectivity index (χ2v) is 7.05. The Hall–Kier alpha value is -0.0900. The van der Waals surface area contributed by atoms with Gasteiger partial charge in [-0.1, -0.05) is 27.7 Å². The summed E-state index contributed by atoms with van der Waals surface area (Å²) in [5, 5.41) is 0. The summed E-state index contributed by atoms with van der Waals surface area (Å²) in [6, 6.07) is 0. The van der Waals surface area contributed by atoms with Gasteiger partial charge in [-0.15, -0.1) is 0 Å². The molecule has 0 aliphatic heterocycles. The summed E-state index contributed by atoms with van der Waals surface area (Å²) in [4.78, 5) is 0. The fraction of sp³-hybridized carbons (Fsp3) is 1.00. The highest BCUT2D eigenvalue weighted by Crippen LogP contribution is 2.23. The third-order valence-electron chi connectivity index (χ3n) is 3.35. The van der Waals surface area contributed by atoms with E-state index in [4.69, 9.17) is 5.73 Å². The first kappa shape index (κ1) is 14.9. The van der Waals surface area contributed by atoms with Gasteiger partial charge in [0.15, 0.2) is 0 Å². The van der Waals surface area contributed by atoms with Gasteiger partial charge in [0.2, 0.25) is 0 Å². The van der Waals surface area contributed by atoms with Crippen LogP contribution >= 0.6 is 0 Å². The van der Waals surface area contributed by atoms with Crippen molar-refractivity contribution in [1.29, 1.82) is 0 Å². The van der Waals surface area contributed by atoms with Gasteiger partial charge in [-0.05, 0) is 25.2 Å². The summed E-state index contributed by atoms with van der Waals surface area (Å²) in [6.07, 6.45) is 2.37. The van der Waals surface area contributed by atoms with Gasteiger partial charge in [0.25, 0.3) is 0 Å². The predicted octanol–water partition coefficient (Wildman–Crippen LogP) is 1.96. The zero-order valence-corrected chi connectivity index (χ0v) is 11.2. The lowest BCUT2D eigenvalue weighted by Gasteiger charge is -2.32. The summed E-state index contributed by atoms with van der Waals surface area (Å²) in [6.45, 7) is 7.94. The molecule has 1 atom stereocenters. The van der Waals surface area contributed by atoms with Crippen LogP contribution in [0.3, 0.4) is 0 Å². The second-order valence-electron chi connectivity index (χ2n) is 4.58. The van der Waals surface area contributed by atoms with E-state index in [1.54, 1.807) is 6.92 Å². The number of hydrogen-bond acceptors (Lipinski definition) is 3. The molecule has 15 heavy (non-hydrogen) atoms. The van der Waals surface area contributed by atoms with Crippen LogP contribution in [0.2, 0.25) is 0 Å². The van der Waals surface area contributed by atoms with Crippen molar-refractivity contribution >= 4 is 9.84 Å². The van der Waals surface area contributed by atoms with E-state index >= 15 is 0 Å². The maximum absolute atomic E-state index is 11.3. The monoisotopic (exact) mass is 235 g/mol. The first-order valence-corrected chi connectivity index (χ1v) is 7.59. The van der Waals surface area contributed by atoms with E-state index in [0.29, 0.717) is 12.3 Å². The van der Waals surface area contributed by atoms with Gasteiger partial charge in [0.1, 0.15) is 9.84 Å². The van der Waals surface area contributed by atoms with Crippen molar-refractivity contribution in [3.05, 3.63) is 0 Å². The van der Waals surface area contributed by atoms with E-state index in [9.17, 15) is 8.42 Å². The molecule has 2 N–H and O–H groups in total. The summed E-state index contributed by atoms with van der Waals surface area (Å²) < 4.78 is 22.6. The molecule has 0 radical (unpaired) electrons. The molecule has 0 aromatic rings. The summed E-state index contributed by atoms with van der Waals surface area (Å²) in [5.41, 5.74) is 6.01. The lowest BCUT2D eigenvalue weighted by molar-refractivity contribution is 0.276. The van der Waals surface area contributed by atoms with Crippen LogP contribution in [0.15, 0.2) is 0 Å². The van der Waals surface area contributed by atoms with Crippen molar-refractivity contribution in [3.63, 3.8) is 0 Å². The van der Waals surface area contributed by atoms with E-state index in [1.165, 1.54) is 0 Å². The van der Waals surface area contributed by atoms with Gasteiger partial charge in [-0.3, -0.25) is 0 Å². The third-order valence-corrected chi connectivity index (χ3v) is 5.14. The SMILES string of the molecule is CCC(N)(CCCS(=O)(=O)CC)C(C)C. The maximum Gasteiger partial charge on any atom is 0.150 e. The van der Waals surface area contributed by atoms with Crippen LogP contribution in [0, 0.1) is 5.92 Å². The largest absolute Gasteiger partial charge is 0.325 e. The smallest absolute Gasteiger partial charge is 0.150 e. The average molecular weight is 235 g/mol. The Bertz CT molecular complexity index is 272. The number of rotatable bonds is 7. The number of nitrogens with two attached hydrogens (primary N) is 1. The van der Waals surface area contributed by atoms with Crippen LogP contribution in [0.1, 0.15) is 47.0 Å². The Morgan fingerprint density at radius 3 is 2.13 bits per heavy atom. The molecular formula is C11H25NO2S. The summed E-state index contributed by atoms with van der Waals surface area (Å²) in [5.74, 6) is 0.903. The molecule has 0 bridgehead atoms. The summed E-state index contributed by atoms with van der Waals surface area (Å²) in [7, 11) is -2.83. The van der Waals surface area contributed by atoms with Crippen LogP contribution in [-0.4, -0.2) is 25.5 Å². The van der Waals surface area contributed by atoms with Gasteiger partial charge in [0, 0.05) is 11.3 Å². The highest BCUT2D eigenvalue weighted by atomic mass is 32.2. The van der Waals surface area contributed by atoms with E-state index in [-0.39, 0.29) is 17.0 Å². The molecule has 0 aromatic heterocycles. The normalized spacial score (nSPS) is 16.7. The molecule has 92 valence electrons. The van der Waals surface area contributed by atoms with Crippen molar-refractivity contribution < 1.29 is 8.42 Å². The zero-order chi connectivity index (χ0) is 12.1. The zero-order valence-electron chi connectivity index (χ0n) is 10.4. The molecule has 0 rings (SSSR count). The molecule has 0 amide bonds. The van der Waals surface area contributed by atoms with E-state index < -0.39 is 9.84 Å². The molecule has 3 nitrogen and oxygen atoms in total. The van der Waals surface area contributed by atoms with Crippen molar-refractivity contribution in [2.45, 2.75) is 52.5 Å². The van der Waals surface area contributed by atoms with Gasteiger partial charge in [-0.25, -0.2) is 8.42 Å². The molecule has 0 fully saturated rings. The Morgan fingerprint density at radius 2 is 1.80 bits per heavy atom. The molecule has 0 aliphatic carbocycles. The minimum Gasteiger partial charge on any atom is -0.325 e. The van der Waals surface area contributed by atoms with Crippen LogP contribution in [0.25, 0.3) is 0 Å². The first-order valence-electron chi connectivity index (χ1n) is 5.76. The van der Waals surface area contributed by atoms with Crippen molar-refractivity contribution in [3.8, 4) is 0 Å². The van der Waals surface area contributed by atoms with Gasteiger partial charge in [-0.2, -0.15) is 0 Å². The highest BCUT2D eigenvalue weighted by molar-refractivity contribution is 7.91. The van der Waals surface area contributed by atoms with Crippen molar-refractivity contribution in [1.82, 2.24) is 0 Å². The minimum absolute atomic E-state index is 0.205. The van der Waals surface area contributed by atoms with Crippen LogP contribution in [-0.2, 0) is 9.84 Å². The van der Waals surface area contributed by atoms with Crippen LogP contribution < -0.4 is 5.73 Å². The molecule has 0 saturated heterocycles. The minimum atomic E-state index is -2.83. The molecule has 0 aromatic carbocycles. The fourth-order valence-corrected chi connectivity index (χ4v) is 2.51.